The van der Waals surface area contributed by atoms with Gasteiger partial charge in [0.25, 0.3) is 5.91 Å². The lowest BCUT2D eigenvalue weighted by Crippen LogP contribution is -2.42. The van der Waals surface area contributed by atoms with Gasteiger partial charge in [-0.1, -0.05) is 59.8 Å². The third-order valence-electron chi connectivity index (χ3n) is 7.25. The fourth-order valence-electron chi connectivity index (χ4n) is 5.09. The monoisotopic (exact) mass is 542 g/mol. The van der Waals surface area contributed by atoms with E-state index in [1.54, 1.807) is 19.9 Å². The van der Waals surface area contributed by atoms with E-state index in [0.717, 1.165) is 79.2 Å². The molecule has 0 aromatic heterocycles. The number of unbranched alkanes of at least 4 members (excludes halogenated alkanes) is 1. The molecule has 1 aliphatic heterocycles. The number of amidine groups is 1. The van der Waals surface area contributed by atoms with Crippen molar-refractivity contribution >= 4 is 39.2 Å². The van der Waals surface area contributed by atoms with Crippen LogP contribution in [0.25, 0.3) is 5.57 Å². The number of carbonyl (C=O) groups excluding carboxylic acids is 1. The van der Waals surface area contributed by atoms with Gasteiger partial charge in [-0.05, 0) is 75.3 Å². The Hall–Kier alpha value is -2.41. The Morgan fingerprint density at radius 1 is 1.23 bits per heavy atom. The number of nitrogens with zero attached hydrogens (tertiary/aromatic N) is 2. The van der Waals surface area contributed by atoms with Gasteiger partial charge in [0.15, 0.2) is 5.60 Å². The van der Waals surface area contributed by atoms with Crippen molar-refractivity contribution in [1.29, 1.82) is 0 Å². The van der Waals surface area contributed by atoms with Crippen LogP contribution < -0.4 is 4.74 Å². The minimum Gasteiger partial charge on any atom is -0.478 e. The zero-order valence-electron chi connectivity index (χ0n) is 20.9. The highest BCUT2D eigenvalue weighted by atomic mass is 79.9. The van der Waals surface area contributed by atoms with Gasteiger partial charge in [0, 0.05) is 17.4 Å². The van der Waals surface area contributed by atoms with Gasteiger partial charge >= 0.3 is 5.97 Å². The third kappa shape index (κ3) is 5.40. The number of carbonyl (C=O) groups is 2. The van der Waals surface area contributed by atoms with Crippen LogP contribution in [-0.4, -0.2) is 45.4 Å². The van der Waals surface area contributed by atoms with Crippen LogP contribution in [-0.2, 0) is 9.59 Å². The van der Waals surface area contributed by atoms with E-state index in [9.17, 15) is 14.7 Å². The number of hydrogen-bond acceptors (Lipinski definition) is 4. The van der Waals surface area contributed by atoms with Crippen LogP contribution in [0.4, 0.5) is 0 Å². The van der Waals surface area contributed by atoms with Crippen LogP contribution in [0, 0.1) is 0 Å². The highest BCUT2D eigenvalue weighted by Crippen LogP contribution is 2.41. The van der Waals surface area contributed by atoms with Gasteiger partial charge in [-0.15, -0.1) is 0 Å². The molecule has 0 atom stereocenters. The Labute approximate surface area is 216 Å². The maximum Gasteiger partial charge on any atom is 0.347 e. The smallest absolute Gasteiger partial charge is 0.347 e. The van der Waals surface area contributed by atoms with Crippen molar-refractivity contribution in [2.45, 2.75) is 89.7 Å². The average Bonchev–Trinajstić information content (AvgIpc) is 3.40. The molecule has 2 aliphatic carbocycles. The molecule has 1 spiro atoms. The molecule has 1 amide bonds. The number of carboxylic acid groups (broad SMARTS) is 1. The largest absolute Gasteiger partial charge is 0.478 e. The van der Waals surface area contributed by atoms with Crippen LogP contribution >= 0.6 is 15.9 Å². The first-order chi connectivity index (χ1) is 16.6. The topological polar surface area (TPSA) is 79.2 Å². The molecule has 4 rings (SSSR count). The molecule has 1 saturated carbocycles. The maximum atomic E-state index is 13.4. The fourth-order valence-corrected chi connectivity index (χ4v) is 5.59. The molecule has 3 aliphatic rings. The van der Waals surface area contributed by atoms with Crippen LogP contribution in [0.3, 0.4) is 0 Å². The highest BCUT2D eigenvalue weighted by Gasteiger charge is 2.49. The molecule has 0 saturated heterocycles. The Balaban J connectivity index is 1.52. The second kappa shape index (κ2) is 10.3. The zero-order valence-corrected chi connectivity index (χ0v) is 22.5. The average molecular weight is 544 g/mol. The summed E-state index contributed by atoms with van der Waals surface area (Å²) in [5.41, 5.74) is 1.57. The lowest BCUT2D eigenvalue weighted by Gasteiger charge is -2.25. The number of carboxylic acids is 1. The molecule has 1 heterocycles. The van der Waals surface area contributed by atoms with E-state index < -0.39 is 17.1 Å². The summed E-state index contributed by atoms with van der Waals surface area (Å²) in [6, 6.07) is 5.56. The predicted molar refractivity (Wildman–Crippen MR) is 142 cm³/mol. The van der Waals surface area contributed by atoms with Crippen molar-refractivity contribution in [3.05, 3.63) is 46.0 Å². The molecule has 1 aromatic carbocycles. The Kier molecular flexibility index (Phi) is 7.55. The zero-order chi connectivity index (χ0) is 25.2. The number of aliphatic carboxylic acids is 1. The summed E-state index contributed by atoms with van der Waals surface area (Å²) in [6.45, 7) is 5.87. The molecule has 0 radical (unpaired) electrons. The molecule has 35 heavy (non-hydrogen) atoms. The molecule has 1 N–H and O–H groups in total. The molecule has 0 bridgehead atoms. The van der Waals surface area contributed by atoms with Gasteiger partial charge in [-0.3, -0.25) is 14.7 Å². The van der Waals surface area contributed by atoms with Crippen molar-refractivity contribution in [2.75, 3.05) is 6.54 Å². The second-order valence-corrected chi connectivity index (χ2v) is 11.2. The van der Waals surface area contributed by atoms with Gasteiger partial charge in [0.05, 0.1) is 0 Å². The van der Waals surface area contributed by atoms with Gasteiger partial charge in [-0.25, -0.2) is 4.79 Å². The summed E-state index contributed by atoms with van der Waals surface area (Å²) in [4.78, 5) is 31.8. The van der Waals surface area contributed by atoms with Crippen LogP contribution in [0.2, 0.25) is 0 Å². The standard InChI is InChI=1S/C28H35BrN2O4/c1-4-5-8-24-30-28(15-6-7-16-28)25(32)31(24)18-19-9-11-20(12-10-19)22-17-21(13-14-23(22)29)35-27(2,3)26(33)34/h9,11,13-14,17H,4-8,10,12,15-16,18H2,1-3H3,(H,33,34). The first-order valence-electron chi connectivity index (χ1n) is 12.7. The van der Waals surface area contributed by atoms with E-state index in [1.807, 2.05) is 17.0 Å². The fraction of sp³-hybridized carbons (Fsp3) is 0.536. The Morgan fingerprint density at radius 3 is 2.60 bits per heavy atom. The summed E-state index contributed by atoms with van der Waals surface area (Å²) in [6.07, 6.45) is 12.9. The molecule has 7 heteroatoms. The minimum atomic E-state index is -1.31. The first kappa shape index (κ1) is 25.7. The number of benzene rings is 1. The van der Waals surface area contributed by atoms with Gasteiger partial charge in [-0.2, -0.15) is 0 Å². The summed E-state index contributed by atoms with van der Waals surface area (Å²) in [5, 5.41) is 9.38. The summed E-state index contributed by atoms with van der Waals surface area (Å²) in [5.74, 6) is 0.685. The van der Waals surface area contributed by atoms with Crippen LogP contribution in [0.5, 0.6) is 5.75 Å². The lowest BCUT2D eigenvalue weighted by molar-refractivity contribution is -0.152. The number of ether oxygens (including phenoxy) is 1. The number of allylic oxidation sites excluding steroid dienone is 3. The van der Waals surface area contributed by atoms with E-state index in [-0.39, 0.29) is 5.91 Å². The molecule has 1 fully saturated rings. The summed E-state index contributed by atoms with van der Waals surface area (Å²) < 4.78 is 6.68. The quantitative estimate of drug-likeness (QED) is 0.384. The maximum absolute atomic E-state index is 13.4. The third-order valence-corrected chi connectivity index (χ3v) is 7.94. The number of halogens is 1. The van der Waals surface area contributed by atoms with Crippen molar-refractivity contribution in [1.82, 2.24) is 4.90 Å². The molecule has 0 unspecified atom stereocenters. The number of aliphatic imine (C=N–C) groups is 1. The predicted octanol–water partition coefficient (Wildman–Crippen LogP) is 6.54. The highest BCUT2D eigenvalue weighted by molar-refractivity contribution is 9.10. The minimum absolute atomic E-state index is 0.199. The molecular weight excluding hydrogens is 508 g/mol. The molecule has 6 nitrogen and oxygen atoms in total. The molecular formula is C28H35BrN2O4. The Bertz CT molecular complexity index is 1100. The summed E-state index contributed by atoms with van der Waals surface area (Å²) in [7, 11) is 0. The van der Waals surface area contributed by atoms with Crippen LogP contribution in [0.1, 0.15) is 84.1 Å². The van der Waals surface area contributed by atoms with E-state index in [0.29, 0.717) is 12.3 Å². The normalized spacial score (nSPS) is 19.6. The molecule has 1 aromatic rings. The van der Waals surface area contributed by atoms with Gasteiger partial charge < -0.3 is 9.84 Å². The van der Waals surface area contributed by atoms with E-state index >= 15 is 0 Å². The van der Waals surface area contributed by atoms with Crippen molar-refractivity contribution in [3.8, 4) is 5.75 Å². The number of amides is 1. The first-order valence-corrected chi connectivity index (χ1v) is 13.5. The number of hydrogen-bond donors (Lipinski definition) is 1. The van der Waals surface area contributed by atoms with E-state index in [1.165, 1.54) is 5.57 Å². The van der Waals surface area contributed by atoms with Crippen molar-refractivity contribution in [3.63, 3.8) is 0 Å². The van der Waals surface area contributed by atoms with Crippen molar-refractivity contribution in [2.24, 2.45) is 4.99 Å². The Morgan fingerprint density at radius 2 is 1.97 bits per heavy atom. The van der Waals surface area contributed by atoms with Gasteiger partial charge in [0.1, 0.15) is 17.1 Å². The second-order valence-electron chi connectivity index (χ2n) is 10.3. The van der Waals surface area contributed by atoms with Crippen LogP contribution in [0.15, 0.2) is 45.4 Å². The van der Waals surface area contributed by atoms with Crippen molar-refractivity contribution < 1.29 is 19.4 Å². The molecule has 188 valence electrons. The lowest BCUT2D eigenvalue weighted by atomic mass is 9.92. The van der Waals surface area contributed by atoms with Gasteiger partial charge in [0.2, 0.25) is 0 Å². The SMILES string of the molecule is CCCCC1=NC2(CCCC2)C(=O)N1CC1=CC=C(c2cc(OC(C)(C)C(=O)O)ccc2Br)CC1. The van der Waals surface area contributed by atoms with E-state index in [2.05, 4.69) is 35.0 Å². The summed E-state index contributed by atoms with van der Waals surface area (Å²) >= 11 is 3.63. The number of rotatable bonds is 9. The van der Waals surface area contributed by atoms with E-state index in [4.69, 9.17) is 9.73 Å².